The summed E-state index contributed by atoms with van der Waals surface area (Å²) in [5.41, 5.74) is 2.35. The Balaban J connectivity index is 2.11. The molecule has 1 aromatic heterocycles. The summed E-state index contributed by atoms with van der Waals surface area (Å²) >= 11 is 0. The van der Waals surface area contributed by atoms with E-state index in [1.165, 1.54) is 12.1 Å². The van der Waals surface area contributed by atoms with Crippen molar-refractivity contribution in [3.63, 3.8) is 0 Å². The van der Waals surface area contributed by atoms with Crippen LogP contribution in [-0.2, 0) is 7.05 Å². The lowest BCUT2D eigenvalue weighted by atomic mass is 10.1. The molecule has 4 nitrogen and oxygen atoms in total. The van der Waals surface area contributed by atoms with E-state index in [0.717, 1.165) is 42.8 Å². The first-order valence-corrected chi connectivity index (χ1v) is 6.84. The van der Waals surface area contributed by atoms with Crippen LogP contribution >= 0.6 is 0 Å². The molecule has 1 aliphatic heterocycles. The van der Waals surface area contributed by atoms with Crippen LogP contribution in [0.1, 0.15) is 16.1 Å². The van der Waals surface area contributed by atoms with Gasteiger partial charge in [0.05, 0.1) is 11.1 Å². The number of nitrogens with zero attached hydrogens (tertiary/aromatic N) is 2. The first-order chi connectivity index (χ1) is 9.59. The SMILES string of the molecule is Cc1c(C(=O)N2CCNCC2)c2ccc(F)cc2n1C. The number of carbonyl (C=O) groups excluding carboxylic acids is 1. The number of halogens is 1. The van der Waals surface area contributed by atoms with E-state index in [2.05, 4.69) is 5.32 Å². The minimum Gasteiger partial charge on any atom is -0.347 e. The lowest BCUT2D eigenvalue weighted by molar-refractivity contribution is 0.0737. The highest BCUT2D eigenvalue weighted by molar-refractivity contribution is 6.08. The molecule has 5 heteroatoms. The Kier molecular flexibility index (Phi) is 3.22. The smallest absolute Gasteiger partial charge is 0.256 e. The molecule has 1 aromatic carbocycles. The molecule has 0 bridgehead atoms. The maximum Gasteiger partial charge on any atom is 0.256 e. The first kappa shape index (κ1) is 13.1. The van der Waals surface area contributed by atoms with E-state index >= 15 is 0 Å². The topological polar surface area (TPSA) is 37.3 Å². The quantitative estimate of drug-likeness (QED) is 0.859. The summed E-state index contributed by atoms with van der Waals surface area (Å²) in [6, 6.07) is 4.60. The summed E-state index contributed by atoms with van der Waals surface area (Å²) in [5.74, 6) is -0.236. The molecule has 0 atom stereocenters. The molecular weight excluding hydrogens is 257 g/mol. The van der Waals surface area contributed by atoms with Gasteiger partial charge in [-0.05, 0) is 25.1 Å². The fourth-order valence-corrected chi connectivity index (χ4v) is 2.83. The van der Waals surface area contributed by atoms with Gasteiger partial charge < -0.3 is 14.8 Å². The number of hydrogen-bond acceptors (Lipinski definition) is 2. The van der Waals surface area contributed by atoms with Gasteiger partial charge in [0.1, 0.15) is 5.82 Å². The van der Waals surface area contributed by atoms with Crippen molar-refractivity contribution in [2.24, 2.45) is 7.05 Å². The van der Waals surface area contributed by atoms with E-state index in [-0.39, 0.29) is 11.7 Å². The van der Waals surface area contributed by atoms with E-state index in [1.54, 1.807) is 6.07 Å². The molecule has 0 spiro atoms. The number of aromatic nitrogens is 1. The third-order valence-electron chi connectivity index (χ3n) is 4.07. The van der Waals surface area contributed by atoms with Crippen LogP contribution in [0.4, 0.5) is 4.39 Å². The summed E-state index contributed by atoms with van der Waals surface area (Å²) in [5, 5.41) is 4.07. The zero-order valence-corrected chi connectivity index (χ0v) is 11.7. The van der Waals surface area contributed by atoms with Gasteiger partial charge in [0.25, 0.3) is 5.91 Å². The number of piperazine rings is 1. The van der Waals surface area contributed by atoms with Gasteiger partial charge in [-0.25, -0.2) is 4.39 Å². The summed E-state index contributed by atoms with van der Waals surface area (Å²) in [4.78, 5) is 14.6. The number of nitrogens with one attached hydrogen (secondary N) is 1. The Morgan fingerprint density at radius 2 is 2.00 bits per heavy atom. The number of amides is 1. The van der Waals surface area contributed by atoms with Crippen molar-refractivity contribution < 1.29 is 9.18 Å². The van der Waals surface area contributed by atoms with Crippen molar-refractivity contribution in [3.05, 3.63) is 35.3 Å². The van der Waals surface area contributed by atoms with Crippen molar-refractivity contribution in [1.82, 2.24) is 14.8 Å². The van der Waals surface area contributed by atoms with Gasteiger partial charge in [-0.1, -0.05) is 0 Å². The van der Waals surface area contributed by atoms with Gasteiger partial charge in [0.2, 0.25) is 0 Å². The zero-order valence-electron chi connectivity index (χ0n) is 11.7. The summed E-state index contributed by atoms with van der Waals surface area (Å²) in [6.07, 6.45) is 0. The van der Waals surface area contributed by atoms with Crippen LogP contribution in [-0.4, -0.2) is 41.6 Å². The van der Waals surface area contributed by atoms with E-state index in [1.807, 2.05) is 23.4 Å². The van der Waals surface area contributed by atoms with Crippen LogP contribution in [0.15, 0.2) is 18.2 Å². The second-order valence-corrected chi connectivity index (χ2v) is 5.22. The lowest BCUT2D eigenvalue weighted by Crippen LogP contribution is -2.46. The van der Waals surface area contributed by atoms with Crippen LogP contribution in [0.5, 0.6) is 0 Å². The number of hydrogen-bond donors (Lipinski definition) is 1. The number of benzene rings is 1. The lowest BCUT2D eigenvalue weighted by Gasteiger charge is -2.27. The molecule has 0 saturated carbocycles. The molecule has 0 unspecified atom stereocenters. The molecule has 3 rings (SSSR count). The van der Waals surface area contributed by atoms with E-state index in [9.17, 15) is 9.18 Å². The highest BCUT2D eigenvalue weighted by Crippen LogP contribution is 2.27. The molecule has 1 saturated heterocycles. The van der Waals surface area contributed by atoms with Gasteiger partial charge in [-0.2, -0.15) is 0 Å². The Morgan fingerprint density at radius 3 is 2.70 bits per heavy atom. The molecule has 106 valence electrons. The van der Waals surface area contributed by atoms with E-state index < -0.39 is 0 Å². The third-order valence-corrected chi connectivity index (χ3v) is 4.07. The minimum absolute atomic E-state index is 0.0428. The summed E-state index contributed by atoms with van der Waals surface area (Å²) < 4.78 is 15.3. The molecular formula is C15H18FN3O. The average molecular weight is 275 g/mol. The van der Waals surface area contributed by atoms with Gasteiger partial charge in [0.15, 0.2) is 0 Å². The number of carbonyl (C=O) groups is 1. The highest BCUT2D eigenvalue weighted by atomic mass is 19.1. The molecule has 1 N–H and O–H groups in total. The Labute approximate surface area is 117 Å². The Morgan fingerprint density at radius 1 is 1.30 bits per heavy atom. The normalized spacial score (nSPS) is 15.8. The first-order valence-electron chi connectivity index (χ1n) is 6.84. The predicted octanol–water partition coefficient (Wildman–Crippen LogP) is 1.67. The molecule has 1 aliphatic rings. The molecule has 0 aliphatic carbocycles. The highest BCUT2D eigenvalue weighted by Gasteiger charge is 2.24. The second-order valence-electron chi connectivity index (χ2n) is 5.22. The van der Waals surface area contributed by atoms with Crippen LogP contribution in [0.3, 0.4) is 0 Å². The predicted molar refractivity (Wildman–Crippen MR) is 76.4 cm³/mol. The van der Waals surface area contributed by atoms with Gasteiger partial charge in [-0.3, -0.25) is 4.79 Å². The second kappa shape index (κ2) is 4.90. The van der Waals surface area contributed by atoms with Crippen LogP contribution in [0.2, 0.25) is 0 Å². The van der Waals surface area contributed by atoms with Crippen molar-refractivity contribution in [1.29, 1.82) is 0 Å². The molecule has 1 amide bonds. The van der Waals surface area contributed by atoms with E-state index in [0.29, 0.717) is 5.56 Å². The van der Waals surface area contributed by atoms with Crippen molar-refractivity contribution >= 4 is 16.8 Å². The van der Waals surface area contributed by atoms with Gasteiger partial charge in [-0.15, -0.1) is 0 Å². The zero-order chi connectivity index (χ0) is 14.3. The fraction of sp³-hybridized carbons (Fsp3) is 0.400. The van der Waals surface area contributed by atoms with Crippen LogP contribution < -0.4 is 5.32 Å². The molecule has 0 radical (unpaired) electrons. The van der Waals surface area contributed by atoms with Crippen molar-refractivity contribution in [2.75, 3.05) is 26.2 Å². The third kappa shape index (κ3) is 1.98. The standard InChI is InChI=1S/C15H18FN3O/c1-10-14(15(20)19-7-5-17-6-8-19)12-4-3-11(16)9-13(12)18(10)2/h3-4,9,17H,5-8H2,1-2H3. The number of rotatable bonds is 1. The molecule has 2 aromatic rings. The van der Waals surface area contributed by atoms with Crippen molar-refractivity contribution in [3.8, 4) is 0 Å². The maximum absolute atomic E-state index is 13.4. The van der Waals surface area contributed by atoms with Crippen LogP contribution in [0, 0.1) is 12.7 Å². The summed E-state index contributed by atoms with van der Waals surface area (Å²) in [6.45, 7) is 4.99. The number of fused-ring (bicyclic) bond motifs is 1. The Bertz CT molecular complexity index is 671. The minimum atomic E-state index is -0.278. The van der Waals surface area contributed by atoms with E-state index in [4.69, 9.17) is 0 Å². The van der Waals surface area contributed by atoms with Gasteiger partial charge in [0, 0.05) is 44.3 Å². The summed E-state index contributed by atoms with van der Waals surface area (Å²) in [7, 11) is 1.87. The monoisotopic (exact) mass is 275 g/mol. The van der Waals surface area contributed by atoms with Gasteiger partial charge >= 0.3 is 0 Å². The van der Waals surface area contributed by atoms with Crippen molar-refractivity contribution in [2.45, 2.75) is 6.92 Å². The average Bonchev–Trinajstić information content (AvgIpc) is 2.71. The molecule has 1 fully saturated rings. The molecule has 2 heterocycles. The largest absolute Gasteiger partial charge is 0.347 e. The fourth-order valence-electron chi connectivity index (χ4n) is 2.83. The number of aryl methyl sites for hydroxylation is 1. The molecule has 20 heavy (non-hydrogen) atoms. The van der Waals surface area contributed by atoms with Crippen LogP contribution in [0.25, 0.3) is 10.9 Å². The Hall–Kier alpha value is -1.88. The maximum atomic E-state index is 13.4.